The quantitative estimate of drug-likeness (QED) is 0.0231. The Kier molecular flexibility index (Phi) is 43.7. The molecule has 9 nitrogen and oxygen atoms in total. The van der Waals surface area contributed by atoms with E-state index in [1.807, 2.05) is 6.08 Å². The van der Waals surface area contributed by atoms with Crippen LogP contribution >= 0.6 is 7.82 Å². The molecule has 4 unspecified atom stereocenters. The molecule has 0 aliphatic rings. The second kappa shape index (κ2) is 44.7. The predicted molar refractivity (Wildman–Crippen MR) is 250 cm³/mol. The van der Waals surface area contributed by atoms with Gasteiger partial charge in [0.1, 0.15) is 0 Å². The summed E-state index contributed by atoms with van der Waals surface area (Å²) in [5.41, 5.74) is 5.37. The molecule has 0 aromatic heterocycles. The Labute approximate surface area is 363 Å². The molecule has 0 aliphatic carbocycles. The highest BCUT2D eigenvalue weighted by Gasteiger charge is 2.27. The first-order valence-corrected chi connectivity index (χ1v) is 26.2. The molecular weight excluding hydrogens is 760 g/mol. The fraction of sp³-hybridized carbons (Fsp3) is 0.857. The average Bonchev–Trinajstić information content (AvgIpc) is 3.21. The van der Waals surface area contributed by atoms with Gasteiger partial charge >= 0.3 is 7.82 Å². The van der Waals surface area contributed by atoms with Gasteiger partial charge in [0.2, 0.25) is 5.91 Å². The zero-order chi connectivity index (χ0) is 43.3. The van der Waals surface area contributed by atoms with Gasteiger partial charge in [-0.05, 0) is 44.9 Å². The molecule has 348 valence electrons. The Morgan fingerprint density at radius 2 is 0.966 bits per heavy atom. The van der Waals surface area contributed by atoms with Crippen molar-refractivity contribution < 1.29 is 33.5 Å². The third-order valence-corrected chi connectivity index (χ3v) is 12.0. The van der Waals surface area contributed by atoms with Crippen molar-refractivity contribution in [3.05, 3.63) is 36.5 Å². The maximum absolute atomic E-state index is 12.8. The SMILES string of the molecule is CCCCCCCCCCCC/C=C/CC/C=C/CC/C=C/C(O)C(COP(=O)(O)OCCN)NC(=O)CC(O)CCCCCCCCCCCCCCCCCCC. The molecule has 0 aromatic rings. The topological polar surface area (TPSA) is 151 Å². The first-order chi connectivity index (χ1) is 28.8. The van der Waals surface area contributed by atoms with Gasteiger partial charge in [0.15, 0.2) is 0 Å². The van der Waals surface area contributed by atoms with E-state index in [2.05, 4.69) is 43.5 Å². The molecule has 0 bridgehead atoms. The summed E-state index contributed by atoms with van der Waals surface area (Å²) in [6.07, 6.45) is 50.9. The van der Waals surface area contributed by atoms with Crippen LogP contribution < -0.4 is 11.1 Å². The fourth-order valence-electron chi connectivity index (χ4n) is 7.27. The van der Waals surface area contributed by atoms with Gasteiger partial charge < -0.3 is 26.2 Å². The molecule has 0 fully saturated rings. The molecule has 0 aromatic carbocycles. The highest BCUT2D eigenvalue weighted by atomic mass is 31.2. The summed E-state index contributed by atoms with van der Waals surface area (Å²) < 4.78 is 22.1. The van der Waals surface area contributed by atoms with Crippen LogP contribution in [0.3, 0.4) is 0 Å². The van der Waals surface area contributed by atoms with Crippen molar-refractivity contribution in [2.75, 3.05) is 19.8 Å². The maximum atomic E-state index is 12.8. The number of nitrogens with one attached hydrogen (secondary N) is 1. The van der Waals surface area contributed by atoms with Crippen LogP contribution in [0.2, 0.25) is 0 Å². The third-order valence-electron chi connectivity index (χ3n) is 11.0. The van der Waals surface area contributed by atoms with E-state index in [0.29, 0.717) is 12.8 Å². The highest BCUT2D eigenvalue weighted by Crippen LogP contribution is 2.43. The van der Waals surface area contributed by atoms with Gasteiger partial charge in [-0.15, -0.1) is 0 Å². The van der Waals surface area contributed by atoms with Crippen molar-refractivity contribution in [3.63, 3.8) is 0 Å². The number of aliphatic hydroxyl groups excluding tert-OH is 2. The van der Waals surface area contributed by atoms with Gasteiger partial charge in [0.05, 0.1) is 37.9 Å². The van der Waals surface area contributed by atoms with E-state index in [4.69, 9.17) is 14.8 Å². The number of phosphoric acid groups is 1. The monoisotopic (exact) mass is 855 g/mol. The molecule has 4 atom stereocenters. The molecule has 0 spiro atoms. The summed E-state index contributed by atoms with van der Waals surface area (Å²) in [5.74, 6) is -0.457. The molecule has 1 amide bonds. The molecule has 59 heavy (non-hydrogen) atoms. The average molecular weight is 855 g/mol. The van der Waals surface area contributed by atoms with Gasteiger partial charge in [-0.1, -0.05) is 217 Å². The normalized spacial score (nSPS) is 14.7. The van der Waals surface area contributed by atoms with Crippen LogP contribution in [0.25, 0.3) is 0 Å². The number of rotatable bonds is 46. The van der Waals surface area contributed by atoms with Gasteiger partial charge in [-0.3, -0.25) is 13.8 Å². The van der Waals surface area contributed by atoms with Crippen molar-refractivity contribution in [3.8, 4) is 0 Å². The zero-order valence-corrected chi connectivity index (χ0v) is 39.3. The fourth-order valence-corrected chi connectivity index (χ4v) is 8.03. The van der Waals surface area contributed by atoms with Crippen LogP contribution in [0.1, 0.15) is 232 Å². The second-order valence-electron chi connectivity index (χ2n) is 16.9. The van der Waals surface area contributed by atoms with Gasteiger partial charge in [-0.2, -0.15) is 0 Å². The van der Waals surface area contributed by atoms with E-state index in [9.17, 15) is 24.5 Å². The van der Waals surface area contributed by atoms with E-state index in [1.165, 1.54) is 154 Å². The summed E-state index contributed by atoms with van der Waals surface area (Å²) in [7, 11) is -4.41. The minimum Gasteiger partial charge on any atom is -0.393 e. The van der Waals surface area contributed by atoms with E-state index < -0.39 is 38.6 Å². The minimum absolute atomic E-state index is 0.0430. The number of phosphoric ester groups is 1. The summed E-state index contributed by atoms with van der Waals surface area (Å²) in [6.45, 7) is 3.97. The van der Waals surface area contributed by atoms with Crippen LogP contribution in [-0.4, -0.2) is 59.0 Å². The van der Waals surface area contributed by atoms with Gasteiger partial charge in [-0.25, -0.2) is 4.57 Å². The highest BCUT2D eigenvalue weighted by molar-refractivity contribution is 7.47. The lowest BCUT2D eigenvalue weighted by molar-refractivity contribution is -0.124. The number of hydrogen-bond acceptors (Lipinski definition) is 7. The van der Waals surface area contributed by atoms with Gasteiger partial charge in [0.25, 0.3) is 0 Å². The van der Waals surface area contributed by atoms with Crippen LogP contribution in [-0.2, 0) is 18.4 Å². The van der Waals surface area contributed by atoms with E-state index in [0.717, 1.165) is 44.9 Å². The minimum atomic E-state index is -4.41. The van der Waals surface area contributed by atoms with Crippen LogP contribution in [0.15, 0.2) is 36.5 Å². The predicted octanol–water partition coefficient (Wildman–Crippen LogP) is 13.3. The van der Waals surface area contributed by atoms with Crippen LogP contribution in [0.5, 0.6) is 0 Å². The largest absolute Gasteiger partial charge is 0.472 e. The number of nitrogens with two attached hydrogens (primary N) is 1. The molecule has 0 saturated heterocycles. The van der Waals surface area contributed by atoms with Crippen molar-refractivity contribution in [2.24, 2.45) is 5.73 Å². The first kappa shape index (κ1) is 57.7. The smallest absolute Gasteiger partial charge is 0.393 e. The Bertz CT molecular complexity index is 1040. The number of allylic oxidation sites excluding steroid dienone is 5. The number of carbonyl (C=O) groups is 1. The molecule has 0 rings (SSSR count). The Morgan fingerprint density at radius 1 is 0.576 bits per heavy atom. The Balaban J connectivity index is 4.30. The van der Waals surface area contributed by atoms with Crippen molar-refractivity contribution >= 4 is 13.7 Å². The number of amides is 1. The molecule has 10 heteroatoms. The summed E-state index contributed by atoms with van der Waals surface area (Å²) >= 11 is 0. The Morgan fingerprint density at radius 3 is 1.41 bits per heavy atom. The van der Waals surface area contributed by atoms with Crippen molar-refractivity contribution in [1.29, 1.82) is 0 Å². The lowest BCUT2D eigenvalue weighted by Crippen LogP contribution is -2.46. The molecule has 6 N–H and O–H groups in total. The number of unbranched alkanes of at least 4 members (excludes halogenated alkanes) is 28. The lowest BCUT2D eigenvalue weighted by Gasteiger charge is -2.24. The van der Waals surface area contributed by atoms with E-state index in [-0.39, 0.29) is 19.6 Å². The molecule has 0 saturated carbocycles. The van der Waals surface area contributed by atoms with E-state index >= 15 is 0 Å². The molecule has 0 radical (unpaired) electrons. The number of carbonyl (C=O) groups excluding carboxylic acids is 1. The second-order valence-corrected chi connectivity index (χ2v) is 18.3. The third kappa shape index (κ3) is 43.1. The van der Waals surface area contributed by atoms with Crippen LogP contribution in [0, 0.1) is 0 Å². The Hall–Kier alpha value is -1.32. The van der Waals surface area contributed by atoms with Crippen LogP contribution in [0.4, 0.5) is 0 Å². The summed E-state index contributed by atoms with van der Waals surface area (Å²) in [5, 5.41) is 24.1. The van der Waals surface area contributed by atoms with E-state index in [1.54, 1.807) is 6.08 Å². The molecule has 0 heterocycles. The molecular formula is C49H95N2O7P. The van der Waals surface area contributed by atoms with Crippen molar-refractivity contribution in [2.45, 2.75) is 250 Å². The maximum Gasteiger partial charge on any atom is 0.472 e. The number of aliphatic hydroxyl groups is 2. The summed E-state index contributed by atoms with van der Waals surface area (Å²) in [4.78, 5) is 22.8. The van der Waals surface area contributed by atoms with Gasteiger partial charge in [0, 0.05) is 6.54 Å². The standard InChI is InChI=1S/C49H95N2O7P/c1-3-5-7-9-11-13-15-17-19-21-22-23-25-27-29-31-33-35-37-39-41-48(53)47(45-58-59(55,56)57-43-42-50)51-49(54)44-46(52)40-38-36-34-32-30-28-26-24-20-18-16-14-12-10-8-6-4-2/h23,25,31,33,39,41,46-48,52-53H,3-22,24,26-30,32,34-38,40,42-45,50H2,1-2H3,(H,51,54)(H,55,56)/b25-23+,33-31+,41-39+. The summed E-state index contributed by atoms with van der Waals surface area (Å²) in [6, 6.07) is -1.00. The zero-order valence-electron chi connectivity index (χ0n) is 38.4. The lowest BCUT2D eigenvalue weighted by atomic mass is 10.0. The number of hydrogen-bond donors (Lipinski definition) is 5. The molecule has 0 aliphatic heterocycles. The first-order valence-electron chi connectivity index (χ1n) is 24.7. The van der Waals surface area contributed by atoms with Crippen molar-refractivity contribution in [1.82, 2.24) is 5.32 Å².